The molecule has 2 aromatic carbocycles. The fourth-order valence-corrected chi connectivity index (χ4v) is 3.48. The van der Waals surface area contributed by atoms with Crippen molar-refractivity contribution in [1.29, 1.82) is 0 Å². The first-order valence-electron chi connectivity index (χ1n) is 9.73. The molecule has 1 N–H and O–H groups in total. The SMILES string of the molecule is O=C(Nc1c(F)cccc1F)N1CCCC(c2nnc(-c3ccc(C(F)(F)F)cc3)o2)C1. The van der Waals surface area contributed by atoms with Crippen molar-refractivity contribution in [3.63, 3.8) is 0 Å². The Kier molecular flexibility index (Phi) is 5.81. The second kappa shape index (κ2) is 8.56. The fraction of sp³-hybridized carbons (Fsp3) is 0.286. The highest BCUT2D eigenvalue weighted by atomic mass is 19.4. The number of aromatic nitrogens is 2. The minimum atomic E-state index is -4.45. The molecule has 168 valence electrons. The zero-order valence-corrected chi connectivity index (χ0v) is 16.5. The molecule has 6 nitrogen and oxygen atoms in total. The number of piperidine rings is 1. The van der Waals surface area contributed by atoms with Crippen LogP contribution in [0.1, 0.15) is 30.2 Å². The monoisotopic (exact) mass is 452 g/mol. The van der Waals surface area contributed by atoms with Crippen LogP contribution in [0.3, 0.4) is 0 Å². The van der Waals surface area contributed by atoms with Crippen molar-refractivity contribution >= 4 is 11.7 Å². The summed E-state index contributed by atoms with van der Waals surface area (Å²) in [5.74, 6) is -1.80. The minimum absolute atomic E-state index is 0.0590. The first kappa shape index (κ1) is 21.7. The van der Waals surface area contributed by atoms with E-state index >= 15 is 0 Å². The Morgan fingerprint density at radius 3 is 2.41 bits per heavy atom. The van der Waals surface area contributed by atoms with E-state index in [4.69, 9.17) is 4.42 Å². The maximum Gasteiger partial charge on any atom is 0.416 e. The molecule has 32 heavy (non-hydrogen) atoms. The number of rotatable bonds is 3. The molecule has 1 aliphatic rings. The number of nitrogens with one attached hydrogen (secondary N) is 1. The highest BCUT2D eigenvalue weighted by Crippen LogP contribution is 2.32. The first-order valence-corrected chi connectivity index (χ1v) is 9.73. The average molecular weight is 452 g/mol. The molecule has 1 atom stereocenters. The Morgan fingerprint density at radius 2 is 1.75 bits per heavy atom. The van der Waals surface area contributed by atoms with Gasteiger partial charge in [-0.1, -0.05) is 6.07 Å². The van der Waals surface area contributed by atoms with Crippen molar-refractivity contribution in [2.45, 2.75) is 24.9 Å². The van der Waals surface area contributed by atoms with E-state index in [1.807, 2.05) is 0 Å². The van der Waals surface area contributed by atoms with E-state index in [1.54, 1.807) is 0 Å². The highest BCUT2D eigenvalue weighted by molar-refractivity contribution is 5.89. The van der Waals surface area contributed by atoms with Crippen molar-refractivity contribution in [2.24, 2.45) is 0 Å². The van der Waals surface area contributed by atoms with E-state index in [2.05, 4.69) is 15.5 Å². The lowest BCUT2D eigenvalue weighted by Gasteiger charge is -2.31. The molecule has 0 bridgehead atoms. The van der Waals surface area contributed by atoms with Crippen LogP contribution in [0.25, 0.3) is 11.5 Å². The number of anilines is 1. The van der Waals surface area contributed by atoms with Gasteiger partial charge in [-0.05, 0) is 49.2 Å². The van der Waals surface area contributed by atoms with Crippen molar-refractivity contribution in [3.05, 3.63) is 65.6 Å². The Balaban J connectivity index is 1.45. The summed E-state index contributed by atoms with van der Waals surface area (Å²) in [5.41, 5.74) is -0.986. The van der Waals surface area contributed by atoms with Gasteiger partial charge in [-0.2, -0.15) is 13.2 Å². The quantitative estimate of drug-likeness (QED) is 0.537. The molecule has 1 saturated heterocycles. The van der Waals surface area contributed by atoms with Gasteiger partial charge in [0.25, 0.3) is 0 Å². The third kappa shape index (κ3) is 4.56. The van der Waals surface area contributed by atoms with Crippen molar-refractivity contribution in [1.82, 2.24) is 15.1 Å². The Labute approximate surface area is 179 Å². The van der Waals surface area contributed by atoms with E-state index in [0.717, 1.165) is 24.3 Å². The molecule has 1 aliphatic heterocycles. The van der Waals surface area contributed by atoms with E-state index in [-0.39, 0.29) is 24.2 Å². The molecule has 4 rings (SSSR count). The number of amides is 2. The predicted molar refractivity (Wildman–Crippen MR) is 104 cm³/mol. The summed E-state index contributed by atoms with van der Waals surface area (Å²) in [4.78, 5) is 13.9. The third-order valence-corrected chi connectivity index (χ3v) is 5.15. The molecule has 1 aromatic heterocycles. The molecule has 0 radical (unpaired) electrons. The average Bonchev–Trinajstić information content (AvgIpc) is 3.26. The molecule has 0 spiro atoms. The van der Waals surface area contributed by atoms with Crippen LogP contribution in [0.2, 0.25) is 0 Å². The summed E-state index contributed by atoms with van der Waals surface area (Å²) in [7, 11) is 0. The summed E-state index contributed by atoms with van der Waals surface area (Å²) >= 11 is 0. The van der Waals surface area contributed by atoms with E-state index in [0.29, 0.717) is 24.9 Å². The second-order valence-corrected chi connectivity index (χ2v) is 7.33. The molecule has 0 saturated carbocycles. The van der Waals surface area contributed by atoms with Crippen LogP contribution in [0.4, 0.5) is 32.4 Å². The molecule has 2 heterocycles. The fourth-order valence-electron chi connectivity index (χ4n) is 3.48. The number of alkyl halides is 3. The summed E-state index contributed by atoms with van der Waals surface area (Å²) in [5, 5.41) is 10.1. The van der Waals surface area contributed by atoms with Crippen LogP contribution in [0, 0.1) is 11.6 Å². The number of urea groups is 1. The Bertz CT molecular complexity index is 1090. The highest BCUT2D eigenvalue weighted by Gasteiger charge is 2.31. The molecular weight excluding hydrogens is 435 g/mol. The summed E-state index contributed by atoms with van der Waals surface area (Å²) < 4.78 is 71.4. The second-order valence-electron chi connectivity index (χ2n) is 7.33. The molecule has 2 amide bonds. The molecule has 3 aromatic rings. The Morgan fingerprint density at radius 1 is 1.06 bits per heavy atom. The van der Waals surface area contributed by atoms with Crippen molar-refractivity contribution in [2.75, 3.05) is 18.4 Å². The maximum atomic E-state index is 13.8. The zero-order valence-electron chi connectivity index (χ0n) is 16.5. The number of benzene rings is 2. The molecule has 1 fully saturated rings. The normalized spacial score (nSPS) is 16.8. The summed E-state index contributed by atoms with van der Waals surface area (Å²) in [6.45, 7) is 0.550. The summed E-state index contributed by atoms with van der Waals surface area (Å²) in [6, 6.07) is 6.94. The van der Waals surface area contributed by atoms with E-state index in [1.165, 1.54) is 23.1 Å². The van der Waals surface area contributed by atoms with Gasteiger partial charge in [-0.15, -0.1) is 10.2 Å². The number of likely N-dealkylation sites (tertiary alicyclic amines) is 1. The number of hydrogen-bond acceptors (Lipinski definition) is 4. The minimum Gasteiger partial charge on any atom is -0.420 e. The first-order chi connectivity index (χ1) is 15.2. The van der Waals surface area contributed by atoms with E-state index in [9.17, 15) is 26.7 Å². The number of carbonyl (C=O) groups excluding carboxylic acids is 1. The van der Waals surface area contributed by atoms with Crippen LogP contribution in [0.15, 0.2) is 46.9 Å². The predicted octanol–water partition coefficient (Wildman–Crippen LogP) is 5.45. The van der Waals surface area contributed by atoms with Gasteiger partial charge in [0.05, 0.1) is 11.5 Å². The standard InChI is InChI=1S/C21H17F5N4O2/c22-15-4-1-5-16(23)17(15)27-20(31)30-10-2-3-13(11-30)19-29-28-18(32-19)12-6-8-14(9-7-12)21(24,25)26/h1,4-9,13H,2-3,10-11H2,(H,27,31). The topological polar surface area (TPSA) is 71.3 Å². The number of hydrogen-bond donors (Lipinski definition) is 1. The van der Waals surface area contributed by atoms with Gasteiger partial charge < -0.3 is 14.6 Å². The van der Waals surface area contributed by atoms with Crippen LogP contribution >= 0.6 is 0 Å². The lowest BCUT2D eigenvalue weighted by molar-refractivity contribution is -0.137. The largest absolute Gasteiger partial charge is 0.420 e. The van der Waals surface area contributed by atoms with Gasteiger partial charge in [0.2, 0.25) is 11.8 Å². The zero-order chi connectivity index (χ0) is 22.9. The summed E-state index contributed by atoms with van der Waals surface area (Å²) in [6.07, 6.45) is -3.22. The van der Waals surface area contributed by atoms with Gasteiger partial charge in [-0.3, -0.25) is 0 Å². The molecule has 0 aliphatic carbocycles. The van der Waals surface area contributed by atoms with Crippen LogP contribution in [0.5, 0.6) is 0 Å². The van der Waals surface area contributed by atoms with Crippen LogP contribution in [-0.4, -0.2) is 34.2 Å². The molecule has 11 heteroatoms. The van der Waals surface area contributed by atoms with Gasteiger partial charge in [0.15, 0.2) is 0 Å². The van der Waals surface area contributed by atoms with Crippen molar-refractivity contribution in [3.8, 4) is 11.5 Å². The van der Waals surface area contributed by atoms with Gasteiger partial charge in [0, 0.05) is 18.7 Å². The van der Waals surface area contributed by atoms with Crippen LogP contribution in [-0.2, 0) is 6.18 Å². The van der Waals surface area contributed by atoms with Gasteiger partial charge in [0.1, 0.15) is 17.3 Å². The van der Waals surface area contributed by atoms with Crippen LogP contribution < -0.4 is 5.32 Å². The van der Waals surface area contributed by atoms with Gasteiger partial charge >= 0.3 is 12.2 Å². The number of nitrogens with zero attached hydrogens (tertiary/aromatic N) is 3. The molecular formula is C21H17F5N4O2. The third-order valence-electron chi connectivity index (χ3n) is 5.15. The Hall–Kier alpha value is -3.50. The lowest BCUT2D eigenvalue weighted by atomic mass is 9.98. The molecule has 1 unspecified atom stereocenters. The lowest BCUT2D eigenvalue weighted by Crippen LogP contribution is -2.42. The van der Waals surface area contributed by atoms with Crippen molar-refractivity contribution < 1.29 is 31.2 Å². The maximum absolute atomic E-state index is 13.8. The van der Waals surface area contributed by atoms with E-state index < -0.39 is 35.1 Å². The number of carbonyl (C=O) groups is 1. The number of halogens is 5. The number of para-hydroxylation sites is 1. The smallest absolute Gasteiger partial charge is 0.416 e. The van der Waals surface area contributed by atoms with Gasteiger partial charge in [-0.25, -0.2) is 13.6 Å².